The second-order valence-corrected chi connectivity index (χ2v) is 6.58. The molecule has 2 saturated carbocycles. The molecule has 3 rings (SSSR count). The van der Waals surface area contributed by atoms with Crippen LogP contribution in [0.3, 0.4) is 0 Å². The molecule has 1 saturated heterocycles. The lowest BCUT2D eigenvalue weighted by molar-refractivity contribution is -0.141. The van der Waals surface area contributed by atoms with E-state index >= 15 is 0 Å². The lowest BCUT2D eigenvalue weighted by atomic mass is 9.78. The van der Waals surface area contributed by atoms with E-state index in [0.717, 1.165) is 32.1 Å². The molecule has 3 fully saturated rings. The number of carbonyl (C=O) groups excluding carboxylic acids is 2. The molecule has 20 heavy (non-hydrogen) atoms. The molecule has 2 amide bonds. The minimum atomic E-state index is -0.594. The van der Waals surface area contributed by atoms with Crippen LogP contribution >= 0.6 is 0 Å². The summed E-state index contributed by atoms with van der Waals surface area (Å²) in [5.41, 5.74) is 11.4. The van der Waals surface area contributed by atoms with Crippen molar-refractivity contribution in [2.45, 2.75) is 56.7 Å². The summed E-state index contributed by atoms with van der Waals surface area (Å²) in [6.07, 6.45) is 7.53. The van der Waals surface area contributed by atoms with Crippen LogP contribution in [0.5, 0.6) is 0 Å². The van der Waals surface area contributed by atoms with Crippen LogP contribution in [0.4, 0.5) is 0 Å². The van der Waals surface area contributed by atoms with Gasteiger partial charge >= 0.3 is 0 Å². The number of hydrogen-bond acceptors (Lipinski definition) is 3. The highest BCUT2D eigenvalue weighted by Crippen LogP contribution is 2.49. The Balaban J connectivity index is 1.81. The maximum Gasteiger partial charge on any atom is 0.241 e. The Hall–Kier alpha value is -1.36. The number of piperidine rings is 1. The fourth-order valence-corrected chi connectivity index (χ4v) is 4.11. The summed E-state index contributed by atoms with van der Waals surface area (Å²) in [6, 6.07) is -0.862. The normalized spacial score (nSPS) is 35.5. The van der Waals surface area contributed by atoms with E-state index in [0.29, 0.717) is 12.3 Å². The van der Waals surface area contributed by atoms with Gasteiger partial charge in [0.05, 0.1) is 6.04 Å². The van der Waals surface area contributed by atoms with Gasteiger partial charge in [-0.2, -0.15) is 0 Å². The van der Waals surface area contributed by atoms with Crippen LogP contribution in [0.25, 0.3) is 0 Å². The molecule has 0 spiro atoms. The van der Waals surface area contributed by atoms with Crippen molar-refractivity contribution in [2.75, 3.05) is 0 Å². The van der Waals surface area contributed by atoms with Crippen molar-refractivity contribution in [3.63, 3.8) is 0 Å². The van der Waals surface area contributed by atoms with Gasteiger partial charge in [0, 0.05) is 11.5 Å². The molecule has 2 aliphatic carbocycles. The first-order valence-corrected chi connectivity index (χ1v) is 7.51. The van der Waals surface area contributed by atoms with Gasteiger partial charge in [-0.05, 0) is 31.6 Å². The van der Waals surface area contributed by atoms with Gasteiger partial charge in [0.25, 0.3) is 0 Å². The topological polar surface area (TPSA) is 89.4 Å². The minimum absolute atomic E-state index is 0.111. The summed E-state index contributed by atoms with van der Waals surface area (Å²) in [6.45, 7) is 3.89. The molecule has 0 aromatic heterocycles. The van der Waals surface area contributed by atoms with Crippen molar-refractivity contribution in [1.82, 2.24) is 4.90 Å². The summed E-state index contributed by atoms with van der Waals surface area (Å²) < 4.78 is 0. The maximum atomic E-state index is 12.8. The molecule has 0 bridgehead atoms. The van der Waals surface area contributed by atoms with E-state index in [2.05, 4.69) is 6.58 Å². The molecule has 0 aromatic carbocycles. The van der Waals surface area contributed by atoms with Gasteiger partial charge in [0.15, 0.2) is 0 Å². The van der Waals surface area contributed by atoms with Crippen LogP contribution < -0.4 is 11.5 Å². The number of nitrogens with two attached hydrogens (primary N) is 2. The number of nitrogens with zero attached hydrogens (tertiary/aromatic N) is 1. The molecular formula is C15H23N3O2. The average molecular weight is 277 g/mol. The summed E-state index contributed by atoms with van der Waals surface area (Å²) in [7, 11) is 0. The van der Waals surface area contributed by atoms with Gasteiger partial charge in [-0.25, -0.2) is 0 Å². The van der Waals surface area contributed by atoms with Crippen molar-refractivity contribution >= 4 is 11.8 Å². The van der Waals surface area contributed by atoms with Crippen LogP contribution in [-0.4, -0.2) is 34.8 Å². The van der Waals surface area contributed by atoms with Gasteiger partial charge in [0.1, 0.15) is 6.04 Å². The third-order valence-electron chi connectivity index (χ3n) is 5.51. The fourth-order valence-electron chi connectivity index (χ4n) is 4.11. The fraction of sp³-hybridized carbons (Fsp3) is 0.733. The highest BCUT2D eigenvalue weighted by Gasteiger charge is 2.57. The quantitative estimate of drug-likeness (QED) is 0.735. The van der Waals surface area contributed by atoms with Crippen molar-refractivity contribution in [1.29, 1.82) is 0 Å². The van der Waals surface area contributed by atoms with Gasteiger partial charge < -0.3 is 16.4 Å². The van der Waals surface area contributed by atoms with Gasteiger partial charge in [-0.1, -0.05) is 18.9 Å². The monoisotopic (exact) mass is 277 g/mol. The molecule has 4 N–H and O–H groups in total. The van der Waals surface area contributed by atoms with Gasteiger partial charge in [-0.3, -0.25) is 9.59 Å². The molecule has 1 heterocycles. The molecule has 4 atom stereocenters. The van der Waals surface area contributed by atoms with E-state index in [9.17, 15) is 9.59 Å². The van der Waals surface area contributed by atoms with Crippen LogP contribution in [0, 0.1) is 11.3 Å². The summed E-state index contributed by atoms with van der Waals surface area (Å²) in [5, 5.41) is 0. The van der Waals surface area contributed by atoms with Crippen LogP contribution in [0.15, 0.2) is 12.7 Å². The Morgan fingerprint density at radius 2 is 1.95 bits per heavy atom. The van der Waals surface area contributed by atoms with Crippen LogP contribution in [-0.2, 0) is 9.59 Å². The van der Waals surface area contributed by atoms with Gasteiger partial charge in [-0.15, -0.1) is 6.58 Å². The van der Waals surface area contributed by atoms with Gasteiger partial charge in [0.2, 0.25) is 11.8 Å². The molecule has 0 radical (unpaired) electrons. The number of hydrogen-bond donors (Lipinski definition) is 2. The highest BCUT2D eigenvalue weighted by atomic mass is 16.2. The molecule has 5 heteroatoms. The first kappa shape index (κ1) is 13.6. The number of carbonyl (C=O) groups is 2. The van der Waals surface area contributed by atoms with E-state index in [1.54, 1.807) is 4.90 Å². The summed E-state index contributed by atoms with van der Waals surface area (Å²) >= 11 is 0. The number of primary amides is 1. The summed E-state index contributed by atoms with van der Waals surface area (Å²) in [5.74, 6) is -0.0654. The predicted molar refractivity (Wildman–Crippen MR) is 75.4 cm³/mol. The number of fused-ring (bicyclic) bond motifs is 1. The zero-order valence-corrected chi connectivity index (χ0v) is 11.8. The first-order valence-electron chi connectivity index (χ1n) is 7.51. The van der Waals surface area contributed by atoms with E-state index in [1.807, 2.05) is 6.08 Å². The SMILES string of the molecule is C=CC1(C(N)C(=O)N2C(C(N)=O)CC3CC32)CCCC1. The molecule has 4 unspecified atom stereocenters. The Morgan fingerprint density at radius 1 is 1.30 bits per heavy atom. The predicted octanol–water partition coefficient (Wildman–Crippen LogP) is 0.535. The van der Waals surface area contributed by atoms with Crippen molar-refractivity contribution < 1.29 is 9.59 Å². The Labute approximate surface area is 119 Å². The largest absolute Gasteiger partial charge is 0.368 e. The Morgan fingerprint density at radius 3 is 2.50 bits per heavy atom. The number of likely N-dealkylation sites (tertiary alicyclic amines) is 1. The van der Waals surface area contributed by atoms with E-state index in [-0.39, 0.29) is 17.4 Å². The summed E-state index contributed by atoms with van der Waals surface area (Å²) in [4.78, 5) is 26.0. The third kappa shape index (κ3) is 1.87. The Bertz CT molecular complexity index is 456. The molecule has 5 nitrogen and oxygen atoms in total. The van der Waals surface area contributed by atoms with Crippen LogP contribution in [0.2, 0.25) is 0 Å². The zero-order valence-electron chi connectivity index (χ0n) is 11.8. The third-order valence-corrected chi connectivity index (χ3v) is 5.51. The molecule has 110 valence electrons. The smallest absolute Gasteiger partial charge is 0.241 e. The first-order chi connectivity index (χ1) is 9.50. The Kier molecular flexibility index (Phi) is 3.12. The average Bonchev–Trinajstić information content (AvgIpc) is 2.91. The standard InChI is InChI=1S/C15H23N3O2/c1-2-15(5-3-4-6-15)12(16)14(20)18-10-7-9(10)8-11(18)13(17)19/h2,9-12H,1,3-8,16H2,(H2,17,19). The lowest BCUT2D eigenvalue weighted by Crippen LogP contribution is -2.56. The molecular weight excluding hydrogens is 254 g/mol. The lowest BCUT2D eigenvalue weighted by Gasteiger charge is -2.36. The van der Waals surface area contributed by atoms with Crippen molar-refractivity contribution in [2.24, 2.45) is 22.8 Å². The van der Waals surface area contributed by atoms with E-state index in [1.165, 1.54) is 0 Å². The van der Waals surface area contributed by atoms with Crippen molar-refractivity contribution in [3.8, 4) is 0 Å². The van der Waals surface area contributed by atoms with E-state index in [4.69, 9.17) is 11.5 Å². The van der Waals surface area contributed by atoms with E-state index < -0.39 is 18.0 Å². The molecule has 0 aromatic rings. The second kappa shape index (κ2) is 4.58. The maximum absolute atomic E-state index is 12.8. The molecule has 3 aliphatic rings. The zero-order chi connectivity index (χ0) is 14.5. The van der Waals surface area contributed by atoms with Crippen LogP contribution in [0.1, 0.15) is 38.5 Å². The number of rotatable bonds is 4. The highest BCUT2D eigenvalue weighted by molar-refractivity contribution is 5.91. The molecule has 1 aliphatic heterocycles. The minimum Gasteiger partial charge on any atom is -0.368 e. The van der Waals surface area contributed by atoms with Crippen molar-refractivity contribution in [3.05, 3.63) is 12.7 Å². The second-order valence-electron chi connectivity index (χ2n) is 6.58. The number of amides is 2.